The van der Waals surface area contributed by atoms with Crippen molar-refractivity contribution in [3.63, 3.8) is 0 Å². The minimum atomic E-state index is -1.05. The van der Waals surface area contributed by atoms with Crippen LogP contribution in [0, 0.1) is 5.41 Å². The van der Waals surface area contributed by atoms with Crippen LogP contribution < -0.4 is 10.1 Å². The minimum absolute atomic E-state index is 0.0165. The number of carbonyl (C=O) groups excluding carboxylic acids is 1. The Kier molecular flexibility index (Phi) is 5.58. The van der Waals surface area contributed by atoms with Crippen molar-refractivity contribution >= 4 is 11.9 Å². The van der Waals surface area contributed by atoms with E-state index in [0.29, 0.717) is 11.3 Å². The van der Waals surface area contributed by atoms with E-state index in [1.165, 1.54) is 0 Å². The zero-order valence-electron chi connectivity index (χ0n) is 13.7. The molecule has 0 saturated carbocycles. The second-order valence-corrected chi connectivity index (χ2v) is 6.13. The summed E-state index contributed by atoms with van der Waals surface area (Å²) in [6.45, 7) is 3.14. The summed E-state index contributed by atoms with van der Waals surface area (Å²) in [4.78, 5) is 23.8. The Bertz CT molecular complexity index is 683. The predicted molar refractivity (Wildman–Crippen MR) is 90.7 cm³/mol. The molecule has 0 aliphatic carbocycles. The highest BCUT2D eigenvalue weighted by Crippen LogP contribution is 2.22. The van der Waals surface area contributed by atoms with E-state index in [1.807, 2.05) is 36.4 Å². The van der Waals surface area contributed by atoms with E-state index >= 15 is 0 Å². The number of ether oxygens (including phenoxy) is 1. The molecule has 0 spiro atoms. The zero-order chi connectivity index (χ0) is 17.6. The number of aliphatic carboxylic acids is 1. The van der Waals surface area contributed by atoms with Gasteiger partial charge in [0.25, 0.3) is 5.91 Å². The Labute approximate surface area is 141 Å². The van der Waals surface area contributed by atoms with E-state index in [1.54, 1.807) is 38.1 Å². The number of carboxylic acids is 1. The molecule has 0 fully saturated rings. The average molecular weight is 327 g/mol. The molecule has 1 atom stereocenters. The lowest BCUT2D eigenvalue weighted by molar-refractivity contribution is -0.147. The van der Waals surface area contributed by atoms with Crippen LogP contribution >= 0.6 is 0 Å². The molecular formula is C19H21NO4. The van der Waals surface area contributed by atoms with Crippen LogP contribution in [-0.4, -0.2) is 23.5 Å². The average Bonchev–Trinajstić information content (AvgIpc) is 2.59. The molecule has 5 nitrogen and oxygen atoms in total. The molecule has 0 heterocycles. The van der Waals surface area contributed by atoms with Gasteiger partial charge in [-0.1, -0.05) is 48.5 Å². The molecule has 1 unspecified atom stereocenters. The molecule has 5 heteroatoms. The summed E-state index contributed by atoms with van der Waals surface area (Å²) in [5, 5.41) is 11.8. The number of nitrogens with one attached hydrogen (secondary N) is 1. The van der Waals surface area contributed by atoms with Gasteiger partial charge < -0.3 is 15.2 Å². The van der Waals surface area contributed by atoms with E-state index in [-0.39, 0.29) is 12.5 Å². The summed E-state index contributed by atoms with van der Waals surface area (Å²) in [5.74, 6) is -0.776. The fourth-order valence-corrected chi connectivity index (χ4v) is 2.01. The Morgan fingerprint density at radius 3 is 2.12 bits per heavy atom. The molecule has 0 radical (unpaired) electrons. The molecule has 2 aromatic carbocycles. The number of carbonyl (C=O) groups is 2. The summed E-state index contributed by atoms with van der Waals surface area (Å²) in [7, 11) is 0. The van der Waals surface area contributed by atoms with Gasteiger partial charge in [0.1, 0.15) is 5.75 Å². The molecule has 0 aliphatic rings. The van der Waals surface area contributed by atoms with E-state index in [4.69, 9.17) is 9.84 Å². The maximum absolute atomic E-state index is 12.6. The normalized spacial score (nSPS) is 12.2. The number of carboxylic acid groups (broad SMARTS) is 1. The van der Waals surface area contributed by atoms with Crippen molar-refractivity contribution in [3.05, 3.63) is 66.2 Å². The first-order valence-corrected chi connectivity index (χ1v) is 7.68. The highest BCUT2D eigenvalue weighted by molar-refractivity contribution is 5.83. The van der Waals surface area contributed by atoms with Crippen LogP contribution in [0.15, 0.2) is 60.7 Å². The maximum atomic E-state index is 12.6. The third-order valence-electron chi connectivity index (χ3n) is 3.62. The summed E-state index contributed by atoms with van der Waals surface area (Å²) >= 11 is 0. The van der Waals surface area contributed by atoms with Crippen LogP contribution in [0.2, 0.25) is 0 Å². The van der Waals surface area contributed by atoms with Crippen LogP contribution in [0.3, 0.4) is 0 Å². The monoisotopic (exact) mass is 327 g/mol. The summed E-state index contributed by atoms with van der Waals surface area (Å²) in [6.07, 6.45) is -0.849. The van der Waals surface area contributed by atoms with E-state index in [9.17, 15) is 9.59 Å². The second-order valence-electron chi connectivity index (χ2n) is 6.13. The quantitative estimate of drug-likeness (QED) is 0.819. The summed E-state index contributed by atoms with van der Waals surface area (Å²) in [5.41, 5.74) is -0.351. The van der Waals surface area contributed by atoms with Gasteiger partial charge in [0.2, 0.25) is 6.10 Å². The van der Waals surface area contributed by atoms with Crippen molar-refractivity contribution in [2.45, 2.75) is 20.0 Å². The first kappa shape index (κ1) is 17.5. The van der Waals surface area contributed by atoms with Gasteiger partial charge in [-0.25, -0.2) is 0 Å². The Hall–Kier alpha value is -2.82. The van der Waals surface area contributed by atoms with Crippen LogP contribution in [0.4, 0.5) is 0 Å². The van der Waals surface area contributed by atoms with Gasteiger partial charge in [-0.2, -0.15) is 0 Å². The highest BCUT2D eigenvalue weighted by atomic mass is 16.5. The highest BCUT2D eigenvalue weighted by Gasteiger charge is 2.30. The Balaban J connectivity index is 2.16. The zero-order valence-corrected chi connectivity index (χ0v) is 13.7. The lowest BCUT2D eigenvalue weighted by Gasteiger charge is -2.23. The van der Waals surface area contributed by atoms with Gasteiger partial charge >= 0.3 is 5.97 Å². The third kappa shape index (κ3) is 4.59. The number of hydrogen-bond acceptors (Lipinski definition) is 3. The van der Waals surface area contributed by atoms with Crippen molar-refractivity contribution < 1.29 is 19.4 Å². The minimum Gasteiger partial charge on any atom is -0.481 e. The number of para-hydroxylation sites is 1. The van der Waals surface area contributed by atoms with E-state index < -0.39 is 17.5 Å². The molecule has 0 saturated heterocycles. The molecule has 1 amide bonds. The van der Waals surface area contributed by atoms with Crippen LogP contribution in [0.5, 0.6) is 5.75 Å². The molecular weight excluding hydrogens is 306 g/mol. The topological polar surface area (TPSA) is 75.6 Å². The van der Waals surface area contributed by atoms with E-state index in [0.717, 1.165) is 0 Å². The molecule has 0 aliphatic heterocycles. The number of hydrogen-bond donors (Lipinski definition) is 2. The molecule has 0 bridgehead atoms. The predicted octanol–water partition coefficient (Wildman–Crippen LogP) is 3.03. The van der Waals surface area contributed by atoms with Crippen molar-refractivity contribution in [3.8, 4) is 5.75 Å². The molecule has 2 aromatic rings. The molecule has 2 N–H and O–H groups in total. The number of benzene rings is 2. The van der Waals surface area contributed by atoms with Gasteiger partial charge in [-0.15, -0.1) is 0 Å². The number of amides is 1. The van der Waals surface area contributed by atoms with Gasteiger partial charge in [0.15, 0.2) is 0 Å². The maximum Gasteiger partial charge on any atom is 0.310 e. The van der Waals surface area contributed by atoms with Gasteiger partial charge in [0.05, 0.1) is 5.41 Å². The summed E-state index contributed by atoms with van der Waals surface area (Å²) in [6, 6.07) is 18.1. The van der Waals surface area contributed by atoms with Crippen molar-refractivity contribution in [1.29, 1.82) is 0 Å². The first-order valence-electron chi connectivity index (χ1n) is 7.68. The molecule has 0 aromatic heterocycles. The first-order chi connectivity index (χ1) is 11.4. The van der Waals surface area contributed by atoms with Crippen molar-refractivity contribution in [1.82, 2.24) is 5.32 Å². The number of rotatable bonds is 7. The lowest BCUT2D eigenvalue weighted by Crippen LogP contribution is -2.41. The van der Waals surface area contributed by atoms with Gasteiger partial charge in [-0.05, 0) is 26.0 Å². The van der Waals surface area contributed by atoms with Gasteiger partial charge in [0, 0.05) is 12.1 Å². The van der Waals surface area contributed by atoms with Crippen LogP contribution in [0.1, 0.15) is 25.5 Å². The van der Waals surface area contributed by atoms with Crippen LogP contribution in [-0.2, 0) is 9.59 Å². The van der Waals surface area contributed by atoms with Gasteiger partial charge in [-0.3, -0.25) is 9.59 Å². The van der Waals surface area contributed by atoms with E-state index in [2.05, 4.69) is 5.32 Å². The third-order valence-corrected chi connectivity index (χ3v) is 3.62. The molecule has 24 heavy (non-hydrogen) atoms. The van der Waals surface area contributed by atoms with Crippen molar-refractivity contribution in [2.24, 2.45) is 5.41 Å². The summed E-state index contributed by atoms with van der Waals surface area (Å²) < 4.78 is 5.83. The fourth-order valence-electron chi connectivity index (χ4n) is 2.01. The standard InChI is InChI=1S/C19H21NO4/c1-19(2,18(22)23)13-20-17(21)16(14-9-5-3-6-10-14)24-15-11-7-4-8-12-15/h3-12,16H,13H2,1-2H3,(H,20,21)(H,22,23). The smallest absolute Gasteiger partial charge is 0.310 e. The Morgan fingerprint density at radius 1 is 1.04 bits per heavy atom. The fraction of sp³-hybridized carbons (Fsp3) is 0.263. The second kappa shape index (κ2) is 7.64. The largest absolute Gasteiger partial charge is 0.481 e. The lowest BCUT2D eigenvalue weighted by atomic mass is 9.93. The Morgan fingerprint density at radius 2 is 1.58 bits per heavy atom. The SMILES string of the molecule is CC(C)(CNC(=O)C(Oc1ccccc1)c1ccccc1)C(=O)O. The van der Waals surface area contributed by atoms with Crippen molar-refractivity contribution in [2.75, 3.05) is 6.54 Å². The molecule has 2 rings (SSSR count). The molecule has 126 valence electrons. The van der Waals surface area contributed by atoms with Crippen LogP contribution in [0.25, 0.3) is 0 Å².